The molecule has 1 N–H and O–H groups in total. The SMILES string of the molecule is Cc1ccccc1-c1nn(-c2ccccc2)cc1C(=O)N1CCC2CCC(C1)N2. The Morgan fingerprint density at radius 2 is 1.76 bits per heavy atom. The van der Waals surface area contributed by atoms with Gasteiger partial charge in [0.15, 0.2) is 0 Å². The number of para-hydroxylation sites is 1. The van der Waals surface area contributed by atoms with Crippen molar-refractivity contribution in [1.29, 1.82) is 0 Å². The summed E-state index contributed by atoms with van der Waals surface area (Å²) >= 11 is 0. The number of rotatable bonds is 3. The van der Waals surface area contributed by atoms with Crippen LogP contribution in [0, 0.1) is 6.92 Å². The Morgan fingerprint density at radius 3 is 2.59 bits per heavy atom. The number of aryl methyl sites for hydroxylation is 1. The number of benzene rings is 2. The largest absolute Gasteiger partial charge is 0.337 e. The number of carbonyl (C=O) groups excluding carboxylic acids is 1. The lowest BCUT2D eigenvalue weighted by Crippen LogP contribution is -2.39. The second-order valence-electron chi connectivity index (χ2n) is 8.16. The number of nitrogens with one attached hydrogen (secondary N) is 1. The van der Waals surface area contributed by atoms with Gasteiger partial charge in [-0.15, -0.1) is 0 Å². The van der Waals surface area contributed by atoms with Crippen LogP contribution in [0.15, 0.2) is 60.8 Å². The van der Waals surface area contributed by atoms with E-state index in [1.807, 2.05) is 58.2 Å². The number of hydrogen-bond acceptors (Lipinski definition) is 3. The number of aromatic nitrogens is 2. The molecule has 148 valence electrons. The Bertz CT molecular complexity index is 1030. The van der Waals surface area contributed by atoms with Crippen molar-refractivity contribution in [1.82, 2.24) is 20.0 Å². The van der Waals surface area contributed by atoms with Gasteiger partial charge in [-0.25, -0.2) is 4.68 Å². The highest BCUT2D eigenvalue weighted by atomic mass is 16.2. The van der Waals surface area contributed by atoms with Crippen LogP contribution in [0.2, 0.25) is 0 Å². The first-order valence-corrected chi connectivity index (χ1v) is 10.5. The van der Waals surface area contributed by atoms with Gasteiger partial charge in [0, 0.05) is 36.9 Å². The molecule has 3 heterocycles. The zero-order chi connectivity index (χ0) is 19.8. The van der Waals surface area contributed by atoms with Crippen LogP contribution in [0.5, 0.6) is 0 Å². The molecule has 2 fully saturated rings. The first-order valence-electron chi connectivity index (χ1n) is 10.5. The number of likely N-dealkylation sites (tertiary alicyclic amines) is 1. The van der Waals surface area contributed by atoms with Crippen LogP contribution in [-0.2, 0) is 0 Å². The monoisotopic (exact) mass is 386 g/mol. The van der Waals surface area contributed by atoms with E-state index in [-0.39, 0.29) is 5.91 Å². The van der Waals surface area contributed by atoms with E-state index in [2.05, 4.69) is 24.4 Å². The van der Waals surface area contributed by atoms with Gasteiger partial charge in [0.25, 0.3) is 5.91 Å². The van der Waals surface area contributed by atoms with E-state index in [1.165, 1.54) is 6.42 Å². The second-order valence-corrected chi connectivity index (χ2v) is 8.16. The molecular formula is C24H26N4O. The van der Waals surface area contributed by atoms with E-state index in [4.69, 9.17) is 5.10 Å². The van der Waals surface area contributed by atoms with Crippen LogP contribution in [0.3, 0.4) is 0 Å². The van der Waals surface area contributed by atoms with Crippen molar-refractivity contribution in [2.45, 2.75) is 38.3 Å². The van der Waals surface area contributed by atoms with Crippen LogP contribution in [0.1, 0.15) is 35.2 Å². The summed E-state index contributed by atoms with van der Waals surface area (Å²) in [6, 6.07) is 19.1. The van der Waals surface area contributed by atoms with Crippen LogP contribution < -0.4 is 5.32 Å². The van der Waals surface area contributed by atoms with E-state index in [9.17, 15) is 4.79 Å². The molecule has 5 nitrogen and oxygen atoms in total. The molecule has 2 atom stereocenters. The summed E-state index contributed by atoms with van der Waals surface area (Å²) in [4.78, 5) is 15.6. The quantitative estimate of drug-likeness (QED) is 0.745. The first-order chi connectivity index (χ1) is 14.2. The lowest BCUT2D eigenvalue weighted by atomic mass is 10.0. The van der Waals surface area contributed by atoms with Crippen molar-refractivity contribution in [2.75, 3.05) is 13.1 Å². The van der Waals surface area contributed by atoms with E-state index < -0.39 is 0 Å². The zero-order valence-corrected chi connectivity index (χ0v) is 16.7. The second kappa shape index (κ2) is 7.48. The number of nitrogens with zero attached hydrogens (tertiary/aromatic N) is 3. The first kappa shape index (κ1) is 18.1. The molecular weight excluding hydrogens is 360 g/mol. The summed E-state index contributed by atoms with van der Waals surface area (Å²) < 4.78 is 1.83. The molecule has 5 heteroatoms. The van der Waals surface area contributed by atoms with Gasteiger partial charge in [0.1, 0.15) is 5.69 Å². The average molecular weight is 386 g/mol. The van der Waals surface area contributed by atoms with Gasteiger partial charge >= 0.3 is 0 Å². The maximum atomic E-state index is 13.6. The third-order valence-corrected chi connectivity index (χ3v) is 6.18. The van der Waals surface area contributed by atoms with Gasteiger partial charge in [-0.2, -0.15) is 5.10 Å². The lowest BCUT2D eigenvalue weighted by Gasteiger charge is -2.24. The molecule has 3 aromatic rings. The summed E-state index contributed by atoms with van der Waals surface area (Å²) in [5.74, 6) is 0.0831. The standard InChI is InChI=1S/C24H26N4O/c1-17-7-5-6-10-21(17)23-22(16-28(26-23)20-8-3-2-4-9-20)24(29)27-14-13-18-11-12-19(15-27)25-18/h2-10,16,18-19,25H,11-15H2,1H3. The van der Waals surface area contributed by atoms with E-state index in [0.29, 0.717) is 17.6 Å². The Kier molecular flexibility index (Phi) is 4.68. The molecule has 2 saturated heterocycles. The molecule has 2 aromatic carbocycles. The lowest BCUT2D eigenvalue weighted by molar-refractivity contribution is 0.0749. The molecule has 5 rings (SSSR count). The molecule has 2 aliphatic heterocycles. The molecule has 1 aromatic heterocycles. The molecule has 2 bridgehead atoms. The van der Waals surface area contributed by atoms with Crippen molar-refractivity contribution in [3.63, 3.8) is 0 Å². The van der Waals surface area contributed by atoms with Crippen LogP contribution in [0.4, 0.5) is 0 Å². The smallest absolute Gasteiger partial charge is 0.257 e. The predicted octanol–water partition coefficient (Wildman–Crippen LogP) is 3.81. The Labute approximate surface area is 171 Å². The molecule has 2 unspecified atom stereocenters. The van der Waals surface area contributed by atoms with Crippen molar-refractivity contribution >= 4 is 5.91 Å². The fourth-order valence-corrected chi connectivity index (χ4v) is 4.58. The maximum absolute atomic E-state index is 13.6. The van der Waals surface area contributed by atoms with Crippen molar-refractivity contribution in [3.8, 4) is 16.9 Å². The fraction of sp³-hybridized carbons (Fsp3) is 0.333. The highest BCUT2D eigenvalue weighted by Gasteiger charge is 2.33. The number of hydrogen-bond donors (Lipinski definition) is 1. The molecule has 0 saturated carbocycles. The highest BCUT2D eigenvalue weighted by Crippen LogP contribution is 2.29. The molecule has 0 radical (unpaired) electrons. The maximum Gasteiger partial charge on any atom is 0.257 e. The summed E-state index contributed by atoms with van der Waals surface area (Å²) in [7, 11) is 0. The van der Waals surface area contributed by atoms with Crippen molar-refractivity contribution < 1.29 is 4.79 Å². The van der Waals surface area contributed by atoms with Crippen molar-refractivity contribution in [3.05, 3.63) is 71.9 Å². The van der Waals surface area contributed by atoms with E-state index in [0.717, 1.165) is 48.4 Å². The molecule has 1 amide bonds. The van der Waals surface area contributed by atoms with E-state index in [1.54, 1.807) is 0 Å². The van der Waals surface area contributed by atoms with Gasteiger partial charge in [0.2, 0.25) is 0 Å². The summed E-state index contributed by atoms with van der Waals surface area (Å²) in [6.45, 7) is 3.65. The topological polar surface area (TPSA) is 50.2 Å². The Morgan fingerprint density at radius 1 is 1.00 bits per heavy atom. The minimum Gasteiger partial charge on any atom is -0.337 e. The van der Waals surface area contributed by atoms with Gasteiger partial charge in [-0.1, -0.05) is 42.5 Å². The molecule has 0 spiro atoms. The number of amides is 1. The average Bonchev–Trinajstić information content (AvgIpc) is 3.32. The van der Waals surface area contributed by atoms with Gasteiger partial charge < -0.3 is 10.2 Å². The summed E-state index contributed by atoms with van der Waals surface area (Å²) in [6.07, 6.45) is 5.31. The number of carbonyl (C=O) groups is 1. The van der Waals surface area contributed by atoms with Crippen LogP contribution in [-0.4, -0.2) is 45.8 Å². The summed E-state index contributed by atoms with van der Waals surface area (Å²) in [5.41, 5.74) is 4.54. The minimum absolute atomic E-state index is 0.0831. The predicted molar refractivity (Wildman–Crippen MR) is 114 cm³/mol. The Balaban J connectivity index is 1.56. The third kappa shape index (κ3) is 3.47. The Hall–Kier alpha value is -2.92. The van der Waals surface area contributed by atoms with Crippen molar-refractivity contribution in [2.24, 2.45) is 0 Å². The molecule has 2 aliphatic rings. The number of fused-ring (bicyclic) bond motifs is 2. The fourth-order valence-electron chi connectivity index (χ4n) is 4.58. The van der Waals surface area contributed by atoms with Gasteiger partial charge in [-0.3, -0.25) is 4.79 Å². The highest BCUT2D eigenvalue weighted by molar-refractivity contribution is 6.00. The molecule has 0 aliphatic carbocycles. The van der Waals surface area contributed by atoms with Gasteiger partial charge in [0.05, 0.1) is 11.3 Å². The third-order valence-electron chi connectivity index (χ3n) is 6.18. The van der Waals surface area contributed by atoms with Crippen LogP contribution >= 0.6 is 0 Å². The van der Waals surface area contributed by atoms with Crippen LogP contribution in [0.25, 0.3) is 16.9 Å². The minimum atomic E-state index is 0.0831. The van der Waals surface area contributed by atoms with Gasteiger partial charge in [-0.05, 0) is 43.9 Å². The molecule has 29 heavy (non-hydrogen) atoms. The summed E-state index contributed by atoms with van der Waals surface area (Å²) in [5, 5.41) is 8.51. The van der Waals surface area contributed by atoms with E-state index >= 15 is 0 Å². The zero-order valence-electron chi connectivity index (χ0n) is 16.7. The normalized spacial score (nSPS) is 21.2.